The number of carbonyl (C=O) groups excluding carboxylic acids is 2. The van der Waals surface area contributed by atoms with Crippen LogP contribution in [0.5, 0.6) is 5.75 Å². The molecular weight excluding hydrogens is 351 g/mol. The minimum Gasteiger partial charge on any atom is -0.477 e. The van der Waals surface area contributed by atoms with E-state index < -0.39 is 6.10 Å². The number of para-hydroxylation sites is 2. The summed E-state index contributed by atoms with van der Waals surface area (Å²) in [5.41, 5.74) is 0.857. The van der Waals surface area contributed by atoms with Gasteiger partial charge in [-0.1, -0.05) is 35.3 Å². The van der Waals surface area contributed by atoms with E-state index >= 15 is 0 Å². The average Bonchev–Trinajstić information content (AvgIpc) is 2.61. The molecule has 1 N–H and O–H groups in total. The van der Waals surface area contributed by atoms with Gasteiger partial charge in [0.1, 0.15) is 5.75 Å². The SMILES string of the molecule is CNC(=O)C1CN(C(=O)c2cc(Cl)ccc2Cl)c2ccccc2O1. The Morgan fingerprint density at radius 3 is 2.71 bits per heavy atom. The quantitative estimate of drug-likeness (QED) is 0.890. The molecule has 0 radical (unpaired) electrons. The summed E-state index contributed by atoms with van der Waals surface area (Å²) in [7, 11) is 1.52. The molecule has 24 heavy (non-hydrogen) atoms. The zero-order valence-electron chi connectivity index (χ0n) is 12.8. The molecule has 1 atom stereocenters. The van der Waals surface area contributed by atoms with Crippen LogP contribution in [-0.4, -0.2) is 31.5 Å². The van der Waals surface area contributed by atoms with Crippen LogP contribution in [0.1, 0.15) is 10.4 Å². The Bertz CT molecular complexity index is 810. The van der Waals surface area contributed by atoms with Gasteiger partial charge in [-0.15, -0.1) is 0 Å². The lowest BCUT2D eigenvalue weighted by molar-refractivity contribution is -0.127. The van der Waals surface area contributed by atoms with Gasteiger partial charge in [-0.3, -0.25) is 9.59 Å². The van der Waals surface area contributed by atoms with E-state index in [0.29, 0.717) is 21.5 Å². The van der Waals surface area contributed by atoms with E-state index in [1.54, 1.807) is 36.4 Å². The summed E-state index contributed by atoms with van der Waals surface area (Å²) in [5, 5.41) is 3.24. The van der Waals surface area contributed by atoms with Crippen LogP contribution in [-0.2, 0) is 4.79 Å². The van der Waals surface area contributed by atoms with E-state index in [1.807, 2.05) is 0 Å². The third-order valence-electron chi connectivity index (χ3n) is 3.72. The molecule has 0 fully saturated rings. The Morgan fingerprint density at radius 2 is 1.96 bits per heavy atom. The number of nitrogens with zero attached hydrogens (tertiary/aromatic N) is 1. The maximum atomic E-state index is 13.0. The zero-order chi connectivity index (χ0) is 17.3. The van der Waals surface area contributed by atoms with Crippen molar-refractivity contribution in [1.82, 2.24) is 5.32 Å². The second-order valence-electron chi connectivity index (χ2n) is 5.23. The maximum Gasteiger partial charge on any atom is 0.262 e. The van der Waals surface area contributed by atoms with E-state index in [0.717, 1.165) is 0 Å². The lowest BCUT2D eigenvalue weighted by Gasteiger charge is -2.34. The van der Waals surface area contributed by atoms with Gasteiger partial charge in [0, 0.05) is 12.1 Å². The number of anilines is 1. The molecule has 0 saturated carbocycles. The van der Waals surface area contributed by atoms with Gasteiger partial charge in [0.2, 0.25) is 0 Å². The number of nitrogens with one attached hydrogen (secondary N) is 1. The molecule has 0 spiro atoms. The Labute approximate surface area is 149 Å². The summed E-state index contributed by atoms with van der Waals surface area (Å²) in [4.78, 5) is 26.5. The van der Waals surface area contributed by atoms with Crippen LogP contribution >= 0.6 is 23.2 Å². The lowest BCUT2D eigenvalue weighted by atomic mass is 10.1. The normalized spacial score (nSPS) is 16.1. The predicted molar refractivity (Wildman–Crippen MR) is 93.1 cm³/mol. The molecule has 2 amide bonds. The fourth-order valence-corrected chi connectivity index (χ4v) is 2.90. The Kier molecular flexibility index (Phi) is 4.64. The Hall–Kier alpha value is -2.24. The summed E-state index contributed by atoms with van der Waals surface area (Å²) in [5.74, 6) is -0.185. The summed E-state index contributed by atoms with van der Waals surface area (Å²) in [6, 6.07) is 11.7. The number of fused-ring (bicyclic) bond motifs is 1. The number of carbonyl (C=O) groups is 2. The van der Waals surface area contributed by atoms with Gasteiger partial charge in [-0.05, 0) is 30.3 Å². The number of rotatable bonds is 2. The van der Waals surface area contributed by atoms with Crippen molar-refractivity contribution < 1.29 is 14.3 Å². The third kappa shape index (κ3) is 3.05. The summed E-state index contributed by atoms with van der Waals surface area (Å²) >= 11 is 12.1. The summed E-state index contributed by atoms with van der Waals surface area (Å²) in [6.45, 7) is 0.0817. The summed E-state index contributed by atoms with van der Waals surface area (Å²) in [6.07, 6.45) is -0.799. The minimum absolute atomic E-state index is 0.0817. The number of halogens is 2. The van der Waals surface area contributed by atoms with E-state index in [2.05, 4.69) is 5.32 Å². The highest BCUT2D eigenvalue weighted by Gasteiger charge is 2.34. The van der Waals surface area contributed by atoms with E-state index in [4.69, 9.17) is 27.9 Å². The lowest BCUT2D eigenvalue weighted by Crippen LogP contribution is -2.50. The first-order valence-electron chi connectivity index (χ1n) is 7.25. The third-order valence-corrected chi connectivity index (χ3v) is 4.28. The molecule has 0 saturated heterocycles. The van der Waals surface area contributed by atoms with Crippen molar-refractivity contribution in [3.63, 3.8) is 0 Å². The average molecular weight is 365 g/mol. The topological polar surface area (TPSA) is 58.6 Å². The molecule has 7 heteroatoms. The zero-order valence-corrected chi connectivity index (χ0v) is 14.3. The molecule has 2 aromatic rings. The molecule has 1 aliphatic heterocycles. The molecule has 0 aliphatic carbocycles. The molecular formula is C17H14Cl2N2O3. The van der Waals surface area contributed by atoms with Crippen LogP contribution in [0, 0.1) is 0 Å². The molecule has 1 unspecified atom stereocenters. The van der Waals surface area contributed by atoms with Crippen LogP contribution in [0.25, 0.3) is 0 Å². The molecule has 0 aromatic heterocycles. The molecule has 2 aromatic carbocycles. The second kappa shape index (κ2) is 6.71. The van der Waals surface area contributed by atoms with Crippen LogP contribution in [0.2, 0.25) is 10.0 Å². The van der Waals surface area contributed by atoms with Crippen molar-refractivity contribution in [2.45, 2.75) is 6.10 Å². The number of benzene rings is 2. The number of hydrogen-bond donors (Lipinski definition) is 1. The molecule has 0 bridgehead atoms. The molecule has 1 heterocycles. The Balaban J connectivity index is 2.03. The highest BCUT2D eigenvalue weighted by atomic mass is 35.5. The first-order chi connectivity index (χ1) is 11.5. The molecule has 1 aliphatic rings. The second-order valence-corrected chi connectivity index (χ2v) is 6.07. The monoisotopic (exact) mass is 364 g/mol. The van der Waals surface area contributed by atoms with E-state index in [9.17, 15) is 9.59 Å². The number of likely N-dealkylation sites (N-methyl/N-ethyl adjacent to an activating group) is 1. The number of amides is 2. The van der Waals surface area contributed by atoms with Crippen LogP contribution in [0.3, 0.4) is 0 Å². The van der Waals surface area contributed by atoms with Gasteiger partial charge >= 0.3 is 0 Å². The van der Waals surface area contributed by atoms with E-state index in [1.165, 1.54) is 18.0 Å². The maximum absolute atomic E-state index is 13.0. The van der Waals surface area contributed by atoms with Crippen LogP contribution < -0.4 is 15.0 Å². The van der Waals surface area contributed by atoms with Crippen molar-refractivity contribution in [2.75, 3.05) is 18.5 Å². The van der Waals surface area contributed by atoms with Gasteiger partial charge in [0.15, 0.2) is 6.10 Å². The van der Waals surface area contributed by atoms with Gasteiger partial charge in [-0.25, -0.2) is 0 Å². The smallest absolute Gasteiger partial charge is 0.262 e. The van der Waals surface area contributed by atoms with Crippen LogP contribution in [0.4, 0.5) is 5.69 Å². The van der Waals surface area contributed by atoms with Crippen molar-refractivity contribution in [3.05, 3.63) is 58.1 Å². The molecule has 124 valence electrons. The van der Waals surface area contributed by atoms with Crippen molar-refractivity contribution in [2.24, 2.45) is 0 Å². The van der Waals surface area contributed by atoms with Gasteiger partial charge in [0.05, 0.1) is 22.8 Å². The minimum atomic E-state index is -0.799. The molecule has 3 rings (SSSR count). The number of hydrogen-bond acceptors (Lipinski definition) is 3. The van der Waals surface area contributed by atoms with Gasteiger partial charge in [0.25, 0.3) is 11.8 Å². The molecule has 5 nitrogen and oxygen atoms in total. The van der Waals surface area contributed by atoms with Gasteiger partial charge in [-0.2, -0.15) is 0 Å². The summed E-state index contributed by atoms with van der Waals surface area (Å²) < 4.78 is 5.69. The highest BCUT2D eigenvalue weighted by molar-refractivity contribution is 6.36. The van der Waals surface area contributed by atoms with Crippen molar-refractivity contribution >= 4 is 40.7 Å². The fourth-order valence-electron chi connectivity index (χ4n) is 2.53. The predicted octanol–water partition coefficient (Wildman–Crippen LogP) is 3.15. The van der Waals surface area contributed by atoms with E-state index in [-0.39, 0.29) is 23.9 Å². The Morgan fingerprint density at radius 1 is 1.21 bits per heavy atom. The standard InChI is InChI=1S/C17H14Cl2N2O3/c1-20-16(22)15-9-21(13-4-2-3-5-14(13)24-15)17(23)11-8-10(18)6-7-12(11)19/h2-8,15H,9H2,1H3,(H,20,22). The largest absolute Gasteiger partial charge is 0.477 e. The first kappa shape index (κ1) is 16.6. The van der Waals surface area contributed by atoms with Crippen LogP contribution in [0.15, 0.2) is 42.5 Å². The van der Waals surface area contributed by atoms with Gasteiger partial charge < -0.3 is 15.0 Å². The van der Waals surface area contributed by atoms with Crippen molar-refractivity contribution in [3.8, 4) is 5.75 Å². The highest BCUT2D eigenvalue weighted by Crippen LogP contribution is 2.35. The number of ether oxygens (including phenoxy) is 1. The fraction of sp³-hybridized carbons (Fsp3) is 0.176. The first-order valence-corrected chi connectivity index (χ1v) is 8.01. The van der Waals surface area contributed by atoms with Crippen molar-refractivity contribution in [1.29, 1.82) is 0 Å².